The van der Waals surface area contributed by atoms with Gasteiger partial charge in [0.05, 0.1) is 11.7 Å². The summed E-state index contributed by atoms with van der Waals surface area (Å²) in [4.78, 5) is 9.88. The lowest BCUT2D eigenvalue weighted by atomic mass is 10.2. The van der Waals surface area contributed by atoms with Gasteiger partial charge in [-0.3, -0.25) is 0 Å². The molecule has 3 heteroatoms. The van der Waals surface area contributed by atoms with Crippen molar-refractivity contribution in [3.8, 4) is 0 Å². The Hall–Kier alpha value is -0.830. The van der Waals surface area contributed by atoms with Crippen molar-refractivity contribution in [1.82, 2.24) is 0 Å². The molecule has 0 rings (SSSR count). The fourth-order valence-electron chi connectivity index (χ4n) is 0.179. The smallest absolute Gasteiger partial charge is 0.333 e. The number of aliphatic hydroxyl groups is 1. The molecule has 0 aliphatic rings. The lowest BCUT2D eigenvalue weighted by Crippen LogP contribution is -2.11. The van der Waals surface area contributed by atoms with Crippen LogP contribution in [0.3, 0.4) is 0 Å². The molecule has 2 N–H and O–H groups in total. The third kappa shape index (κ3) is 1.75. The molecule has 0 aromatic heterocycles. The molecule has 0 fully saturated rings. The molecule has 0 radical (unpaired) electrons. The van der Waals surface area contributed by atoms with Crippen LogP contribution in [0.15, 0.2) is 12.2 Å². The van der Waals surface area contributed by atoms with Gasteiger partial charge in [0.25, 0.3) is 0 Å². The lowest BCUT2D eigenvalue weighted by molar-refractivity contribution is -0.133. The minimum absolute atomic E-state index is 0.176. The Balaban J connectivity index is 3.84. The predicted octanol–water partition coefficient (Wildman–Crippen LogP) is 0.00800. The van der Waals surface area contributed by atoms with Gasteiger partial charge in [0.2, 0.25) is 0 Å². The molecule has 0 saturated carbocycles. The number of aliphatic hydroxyl groups excluding tert-OH is 1. The lowest BCUT2D eigenvalue weighted by Gasteiger charge is -1.99. The zero-order valence-electron chi connectivity index (χ0n) is 4.59. The van der Waals surface area contributed by atoms with Crippen molar-refractivity contribution < 1.29 is 15.0 Å². The van der Waals surface area contributed by atoms with E-state index in [2.05, 4.69) is 6.58 Å². The van der Waals surface area contributed by atoms with Crippen LogP contribution in [0, 0.1) is 0 Å². The van der Waals surface area contributed by atoms with Crippen molar-refractivity contribution in [3.05, 3.63) is 12.2 Å². The zero-order valence-corrected chi connectivity index (χ0v) is 4.59. The second-order valence-electron chi connectivity index (χ2n) is 1.51. The molecule has 8 heavy (non-hydrogen) atoms. The number of aliphatic carboxylic acids is 1. The van der Waals surface area contributed by atoms with Crippen molar-refractivity contribution >= 4 is 5.97 Å². The molecule has 0 bridgehead atoms. The van der Waals surface area contributed by atoms with E-state index in [1.165, 1.54) is 6.92 Å². The summed E-state index contributed by atoms with van der Waals surface area (Å²) in [5.74, 6) is -1.15. The number of hydrogen-bond donors (Lipinski definition) is 2. The van der Waals surface area contributed by atoms with Crippen LogP contribution in [0.5, 0.6) is 0 Å². The predicted molar refractivity (Wildman–Crippen MR) is 28.5 cm³/mol. The first-order valence-corrected chi connectivity index (χ1v) is 2.16. The van der Waals surface area contributed by atoms with E-state index >= 15 is 0 Å². The van der Waals surface area contributed by atoms with Crippen molar-refractivity contribution in [3.63, 3.8) is 0 Å². The number of carboxylic acid groups (broad SMARTS) is 1. The first-order valence-electron chi connectivity index (χ1n) is 2.16. The molecule has 0 aliphatic heterocycles. The fraction of sp³-hybridized carbons (Fsp3) is 0.400. The SMILES string of the molecule is C=C(C(=O)O)[C@@H](C)O. The normalized spacial score (nSPS) is 12.8. The van der Waals surface area contributed by atoms with Crippen LogP contribution in [-0.2, 0) is 4.79 Å². The third-order valence-electron chi connectivity index (χ3n) is 0.779. The van der Waals surface area contributed by atoms with Crippen molar-refractivity contribution in [1.29, 1.82) is 0 Å². The highest BCUT2D eigenvalue weighted by Crippen LogP contribution is 1.95. The first-order chi connectivity index (χ1) is 3.55. The summed E-state index contributed by atoms with van der Waals surface area (Å²) in [7, 11) is 0. The van der Waals surface area contributed by atoms with Gasteiger partial charge in [-0.2, -0.15) is 0 Å². The fourth-order valence-corrected chi connectivity index (χ4v) is 0.179. The van der Waals surface area contributed by atoms with Gasteiger partial charge in [0.1, 0.15) is 0 Å². The minimum atomic E-state index is -1.15. The Kier molecular flexibility index (Phi) is 2.21. The van der Waals surface area contributed by atoms with Gasteiger partial charge in [-0.15, -0.1) is 0 Å². The highest BCUT2D eigenvalue weighted by atomic mass is 16.4. The molecule has 1 atom stereocenters. The van der Waals surface area contributed by atoms with Crippen LogP contribution in [0.2, 0.25) is 0 Å². The van der Waals surface area contributed by atoms with Crippen LogP contribution in [-0.4, -0.2) is 22.3 Å². The quantitative estimate of drug-likeness (QED) is 0.499. The van der Waals surface area contributed by atoms with E-state index < -0.39 is 12.1 Å². The van der Waals surface area contributed by atoms with E-state index in [9.17, 15) is 4.79 Å². The molecular weight excluding hydrogens is 108 g/mol. The molecule has 0 aliphatic carbocycles. The topological polar surface area (TPSA) is 57.5 Å². The highest BCUT2D eigenvalue weighted by molar-refractivity contribution is 5.86. The zero-order chi connectivity index (χ0) is 6.73. The minimum Gasteiger partial charge on any atom is -0.478 e. The number of carbonyl (C=O) groups is 1. The van der Waals surface area contributed by atoms with E-state index in [-0.39, 0.29) is 5.57 Å². The van der Waals surface area contributed by atoms with E-state index in [4.69, 9.17) is 10.2 Å². The van der Waals surface area contributed by atoms with Gasteiger partial charge >= 0.3 is 5.97 Å². The maximum Gasteiger partial charge on any atom is 0.333 e. The first kappa shape index (κ1) is 7.17. The van der Waals surface area contributed by atoms with Gasteiger partial charge in [-0.1, -0.05) is 6.58 Å². The van der Waals surface area contributed by atoms with Crippen LogP contribution in [0.4, 0.5) is 0 Å². The van der Waals surface area contributed by atoms with Gasteiger partial charge in [-0.25, -0.2) is 4.79 Å². The average Bonchev–Trinajstić information content (AvgIpc) is 1.64. The van der Waals surface area contributed by atoms with Gasteiger partial charge < -0.3 is 10.2 Å². The molecule has 0 aromatic carbocycles. The second-order valence-corrected chi connectivity index (χ2v) is 1.51. The molecule has 0 unspecified atom stereocenters. The molecule has 0 amide bonds. The molecule has 3 nitrogen and oxygen atoms in total. The Morgan fingerprint density at radius 1 is 1.75 bits per heavy atom. The molecule has 0 saturated heterocycles. The maximum absolute atomic E-state index is 9.88. The third-order valence-corrected chi connectivity index (χ3v) is 0.779. The number of rotatable bonds is 2. The van der Waals surface area contributed by atoms with Crippen molar-refractivity contribution in [2.75, 3.05) is 0 Å². The largest absolute Gasteiger partial charge is 0.478 e. The summed E-state index contributed by atoms with van der Waals surface area (Å²) in [6.07, 6.45) is -0.951. The number of hydrogen-bond acceptors (Lipinski definition) is 2. The molecule has 46 valence electrons. The molecule has 0 aromatic rings. The summed E-state index contributed by atoms with van der Waals surface area (Å²) in [6.45, 7) is 4.46. The Bertz CT molecular complexity index is 115. The highest BCUT2D eigenvalue weighted by Gasteiger charge is 2.08. The molecule has 0 heterocycles. The van der Waals surface area contributed by atoms with Crippen LogP contribution in [0.1, 0.15) is 6.92 Å². The van der Waals surface area contributed by atoms with Crippen molar-refractivity contribution in [2.24, 2.45) is 0 Å². The maximum atomic E-state index is 9.88. The summed E-state index contributed by atoms with van der Waals surface area (Å²) >= 11 is 0. The van der Waals surface area contributed by atoms with Gasteiger partial charge in [0.15, 0.2) is 0 Å². The van der Waals surface area contributed by atoms with Gasteiger partial charge in [-0.05, 0) is 6.92 Å². The van der Waals surface area contributed by atoms with E-state index in [0.717, 1.165) is 0 Å². The Labute approximate surface area is 47.3 Å². The Morgan fingerprint density at radius 2 is 2.12 bits per heavy atom. The summed E-state index contributed by atoms with van der Waals surface area (Å²) < 4.78 is 0. The Morgan fingerprint density at radius 3 is 2.12 bits per heavy atom. The summed E-state index contributed by atoms with van der Waals surface area (Å²) in [5, 5.41) is 16.6. The second kappa shape index (κ2) is 2.47. The molecule has 0 spiro atoms. The van der Waals surface area contributed by atoms with E-state index in [1.807, 2.05) is 0 Å². The van der Waals surface area contributed by atoms with E-state index in [0.29, 0.717) is 0 Å². The summed E-state index contributed by atoms with van der Waals surface area (Å²) in [5.41, 5.74) is -0.176. The molecular formula is C5H8O3. The van der Waals surface area contributed by atoms with Crippen molar-refractivity contribution in [2.45, 2.75) is 13.0 Å². The van der Waals surface area contributed by atoms with Crippen LogP contribution >= 0.6 is 0 Å². The summed E-state index contributed by atoms with van der Waals surface area (Å²) in [6, 6.07) is 0. The van der Waals surface area contributed by atoms with Gasteiger partial charge in [0, 0.05) is 0 Å². The number of carboxylic acids is 1. The van der Waals surface area contributed by atoms with E-state index in [1.54, 1.807) is 0 Å². The monoisotopic (exact) mass is 116 g/mol. The van der Waals surface area contributed by atoms with Crippen LogP contribution in [0.25, 0.3) is 0 Å². The standard InChI is InChI=1S/C5H8O3/c1-3(4(2)6)5(7)8/h4,6H,1H2,2H3,(H,7,8)/t4-/m1/s1. The average molecular weight is 116 g/mol. The van der Waals surface area contributed by atoms with Crippen LogP contribution < -0.4 is 0 Å².